The Morgan fingerprint density at radius 2 is 1.81 bits per heavy atom. The summed E-state index contributed by atoms with van der Waals surface area (Å²) in [6.45, 7) is 0.638. The number of rotatable bonds is 7. The van der Waals surface area contributed by atoms with Gasteiger partial charge < -0.3 is 21.1 Å². The Balaban J connectivity index is 0.00000400. The van der Waals surface area contributed by atoms with Crippen LogP contribution in [0.15, 0.2) is 24.3 Å². The van der Waals surface area contributed by atoms with E-state index in [9.17, 15) is 14.0 Å². The molecule has 0 aromatic heterocycles. The van der Waals surface area contributed by atoms with Crippen LogP contribution in [-0.2, 0) is 9.53 Å². The van der Waals surface area contributed by atoms with Crippen LogP contribution >= 0.6 is 12.4 Å². The zero-order valence-electron chi connectivity index (χ0n) is 11.6. The number of nitrogens with one attached hydrogen (secondary N) is 2. The van der Waals surface area contributed by atoms with E-state index < -0.39 is 11.9 Å². The number of halogens is 2. The Hall–Kier alpha value is -1.70. The van der Waals surface area contributed by atoms with E-state index in [1.54, 1.807) is 0 Å². The lowest BCUT2D eigenvalue weighted by Gasteiger charge is -2.11. The summed E-state index contributed by atoms with van der Waals surface area (Å²) >= 11 is 0. The van der Waals surface area contributed by atoms with Gasteiger partial charge in [0.15, 0.2) is 0 Å². The van der Waals surface area contributed by atoms with E-state index >= 15 is 0 Å². The molecule has 1 rings (SSSR count). The fourth-order valence-corrected chi connectivity index (χ4v) is 1.45. The second-order valence-electron chi connectivity index (χ2n) is 4.12. The Bertz CT molecular complexity index is 456. The fourth-order valence-electron chi connectivity index (χ4n) is 1.45. The first-order valence-corrected chi connectivity index (χ1v) is 6.10. The van der Waals surface area contributed by atoms with Crippen LogP contribution in [-0.4, -0.2) is 44.7 Å². The van der Waals surface area contributed by atoms with Crippen molar-refractivity contribution in [3.63, 3.8) is 0 Å². The summed E-state index contributed by atoms with van der Waals surface area (Å²) < 4.78 is 17.4. The van der Waals surface area contributed by atoms with Crippen molar-refractivity contribution >= 4 is 24.2 Å². The molecule has 118 valence electrons. The first kappa shape index (κ1) is 19.3. The highest BCUT2D eigenvalue weighted by molar-refractivity contribution is 5.94. The van der Waals surface area contributed by atoms with E-state index in [1.807, 2.05) is 0 Å². The van der Waals surface area contributed by atoms with E-state index in [2.05, 4.69) is 10.6 Å². The molecule has 1 atom stereocenters. The predicted octanol–water partition coefficient (Wildman–Crippen LogP) is 0.0672. The van der Waals surface area contributed by atoms with Gasteiger partial charge in [0.05, 0.1) is 6.61 Å². The molecule has 0 heterocycles. The highest BCUT2D eigenvalue weighted by atomic mass is 35.5. The average molecular weight is 320 g/mol. The molecule has 0 saturated heterocycles. The van der Waals surface area contributed by atoms with Crippen molar-refractivity contribution in [2.75, 3.05) is 26.8 Å². The van der Waals surface area contributed by atoms with Crippen LogP contribution in [0.3, 0.4) is 0 Å². The molecule has 0 aliphatic heterocycles. The maximum atomic E-state index is 12.7. The Kier molecular flexibility index (Phi) is 9.27. The monoisotopic (exact) mass is 319 g/mol. The molecule has 6 nitrogen and oxygen atoms in total. The van der Waals surface area contributed by atoms with Gasteiger partial charge >= 0.3 is 0 Å². The molecule has 1 unspecified atom stereocenters. The molecule has 1 aromatic rings. The van der Waals surface area contributed by atoms with Crippen LogP contribution in [0.25, 0.3) is 0 Å². The lowest BCUT2D eigenvalue weighted by Crippen LogP contribution is -2.45. The number of nitrogens with two attached hydrogens (primary N) is 1. The van der Waals surface area contributed by atoms with Gasteiger partial charge in [0.25, 0.3) is 5.91 Å². The summed E-state index contributed by atoms with van der Waals surface area (Å²) in [6, 6.07) is 4.46. The Morgan fingerprint density at radius 1 is 1.24 bits per heavy atom. The molecule has 0 aliphatic rings. The van der Waals surface area contributed by atoms with Gasteiger partial charge in [-0.05, 0) is 24.3 Å². The predicted molar refractivity (Wildman–Crippen MR) is 78.8 cm³/mol. The summed E-state index contributed by atoms with van der Waals surface area (Å²) in [5.74, 6) is -1.08. The molecule has 0 radical (unpaired) electrons. The summed E-state index contributed by atoms with van der Waals surface area (Å²) in [6.07, 6.45) is 0. The van der Waals surface area contributed by atoms with Gasteiger partial charge in [-0.25, -0.2) is 4.39 Å². The topological polar surface area (TPSA) is 93.4 Å². The second kappa shape index (κ2) is 10.1. The third-order valence-corrected chi connectivity index (χ3v) is 2.50. The van der Waals surface area contributed by atoms with Crippen molar-refractivity contribution in [3.05, 3.63) is 35.6 Å². The molecule has 2 amide bonds. The quantitative estimate of drug-likeness (QED) is 0.620. The van der Waals surface area contributed by atoms with Gasteiger partial charge in [-0.3, -0.25) is 9.59 Å². The highest BCUT2D eigenvalue weighted by Crippen LogP contribution is 2.01. The van der Waals surface area contributed by atoms with Crippen LogP contribution in [0, 0.1) is 5.82 Å². The van der Waals surface area contributed by atoms with Crippen molar-refractivity contribution < 1.29 is 18.7 Å². The lowest BCUT2D eigenvalue weighted by molar-refractivity contribution is -0.123. The van der Waals surface area contributed by atoms with Gasteiger partial charge in [-0.1, -0.05) is 0 Å². The number of benzene rings is 1. The SMILES string of the molecule is COCC(N)C(=O)NCCNC(=O)c1ccc(F)cc1.Cl. The molecule has 0 bridgehead atoms. The molecular weight excluding hydrogens is 301 g/mol. The van der Waals surface area contributed by atoms with Crippen molar-refractivity contribution in [3.8, 4) is 0 Å². The second-order valence-corrected chi connectivity index (χ2v) is 4.12. The standard InChI is InChI=1S/C13H18FN3O3.ClH/c1-20-8-11(15)13(19)17-7-6-16-12(18)9-2-4-10(14)5-3-9;/h2-5,11H,6-8,15H2,1H3,(H,16,18)(H,17,19);1H. The Morgan fingerprint density at radius 3 is 2.38 bits per heavy atom. The number of carbonyl (C=O) groups excluding carboxylic acids is 2. The summed E-state index contributed by atoms with van der Waals surface area (Å²) in [4.78, 5) is 23.1. The van der Waals surface area contributed by atoms with E-state index in [0.717, 1.165) is 0 Å². The minimum Gasteiger partial charge on any atom is -0.383 e. The smallest absolute Gasteiger partial charge is 0.251 e. The molecule has 0 fully saturated rings. The summed E-state index contributed by atoms with van der Waals surface area (Å²) in [7, 11) is 1.45. The van der Waals surface area contributed by atoms with Crippen LogP contribution in [0.5, 0.6) is 0 Å². The minimum atomic E-state index is -0.729. The van der Waals surface area contributed by atoms with Crippen LogP contribution in [0.4, 0.5) is 4.39 Å². The number of carbonyl (C=O) groups is 2. The van der Waals surface area contributed by atoms with Gasteiger partial charge in [-0.15, -0.1) is 12.4 Å². The third-order valence-electron chi connectivity index (χ3n) is 2.50. The molecular formula is C13H19ClFN3O3. The highest BCUT2D eigenvalue weighted by Gasteiger charge is 2.12. The zero-order valence-corrected chi connectivity index (χ0v) is 12.4. The first-order chi connectivity index (χ1) is 9.54. The van der Waals surface area contributed by atoms with Gasteiger partial charge in [0.2, 0.25) is 5.91 Å². The largest absolute Gasteiger partial charge is 0.383 e. The molecule has 0 saturated carbocycles. The average Bonchev–Trinajstić information content (AvgIpc) is 2.44. The number of methoxy groups -OCH3 is 1. The fraction of sp³-hybridized carbons (Fsp3) is 0.385. The third kappa shape index (κ3) is 7.03. The van der Waals surface area contributed by atoms with E-state index in [1.165, 1.54) is 31.4 Å². The number of hydrogen-bond donors (Lipinski definition) is 3. The number of hydrogen-bond acceptors (Lipinski definition) is 4. The van der Waals surface area contributed by atoms with Crippen molar-refractivity contribution in [1.29, 1.82) is 0 Å². The molecule has 8 heteroatoms. The van der Waals surface area contributed by atoms with Gasteiger partial charge in [0, 0.05) is 25.8 Å². The molecule has 0 aliphatic carbocycles. The zero-order chi connectivity index (χ0) is 15.0. The van der Waals surface area contributed by atoms with Crippen LogP contribution < -0.4 is 16.4 Å². The maximum absolute atomic E-state index is 12.7. The normalized spacial score (nSPS) is 11.2. The van der Waals surface area contributed by atoms with Gasteiger partial charge in [-0.2, -0.15) is 0 Å². The molecule has 1 aromatic carbocycles. The van der Waals surface area contributed by atoms with Crippen molar-refractivity contribution in [2.24, 2.45) is 5.73 Å². The summed E-state index contributed by atoms with van der Waals surface area (Å²) in [5, 5.41) is 5.16. The van der Waals surface area contributed by atoms with Crippen molar-refractivity contribution in [1.82, 2.24) is 10.6 Å². The van der Waals surface area contributed by atoms with E-state index in [0.29, 0.717) is 5.56 Å². The van der Waals surface area contributed by atoms with Crippen molar-refractivity contribution in [2.45, 2.75) is 6.04 Å². The lowest BCUT2D eigenvalue weighted by atomic mass is 10.2. The van der Waals surface area contributed by atoms with Crippen LogP contribution in [0.2, 0.25) is 0 Å². The maximum Gasteiger partial charge on any atom is 0.251 e. The number of amides is 2. The molecule has 0 spiro atoms. The Labute approximate surface area is 128 Å². The first-order valence-electron chi connectivity index (χ1n) is 6.10. The van der Waals surface area contributed by atoms with E-state index in [-0.39, 0.29) is 43.9 Å². The number of ether oxygens (including phenoxy) is 1. The van der Waals surface area contributed by atoms with E-state index in [4.69, 9.17) is 10.5 Å². The van der Waals surface area contributed by atoms with Crippen LogP contribution in [0.1, 0.15) is 10.4 Å². The minimum absolute atomic E-state index is 0. The molecule has 4 N–H and O–H groups in total. The molecule has 21 heavy (non-hydrogen) atoms. The van der Waals surface area contributed by atoms with Gasteiger partial charge in [0.1, 0.15) is 11.9 Å². The summed E-state index contributed by atoms with van der Waals surface area (Å²) in [5.41, 5.74) is 5.87.